The third-order valence-corrected chi connectivity index (χ3v) is 4.59. The molecule has 0 aromatic carbocycles. The summed E-state index contributed by atoms with van der Waals surface area (Å²) in [7, 11) is 0. The topological polar surface area (TPSA) is 59.6 Å². The van der Waals surface area contributed by atoms with Crippen LogP contribution in [0.5, 0.6) is 0 Å². The number of rotatable bonds is 4. The summed E-state index contributed by atoms with van der Waals surface area (Å²) in [5, 5.41) is 3.16. The Hall–Kier alpha value is -0.420. The van der Waals surface area contributed by atoms with Crippen LogP contribution >= 0.6 is 11.8 Å². The first-order valence-electron chi connectivity index (χ1n) is 6.58. The molecule has 0 amide bonds. The zero-order valence-corrected chi connectivity index (χ0v) is 11.2. The summed E-state index contributed by atoms with van der Waals surface area (Å²) >= 11 is 2.04. The zero-order chi connectivity index (χ0) is 11.9. The highest BCUT2D eigenvalue weighted by Crippen LogP contribution is 2.22. The summed E-state index contributed by atoms with van der Waals surface area (Å²) in [4.78, 5) is 4.42. The van der Waals surface area contributed by atoms with Gasteiger partial charge in [-0.05, 0) is 43.1 Å². The van der Waals surface area contributed by atoms with Crippen LogP contribution in [-0.4, -0.2) is 43.3 Å². The highest BCUT2D eigenvalue weighted by molar-refractivity contribution is 7.99. The molecule has 0 spiro atoms. The van der Waals surface area contributed by atoms with Crippen LogP contribution in [0.4, 0.5) is 0 Å². The number of guanidine groups is 1. The SMILES string of the molecule is NC(=NCC1CCCSC1)NCC1CCCO1. The highest BCUT2D eigenvalue weighted by atomic mass is 32.2. The molecular weight excluding hydrogens is 234 g/mol. The average molecular weight is 257 g/mol. The molecule has 0 aromatic heterocycles. The fraction of sp³-hybridized carbons (Fsp3) is 0.917. The van der Waals surface area contributed by atoms with E-state index in [9.17, 15) is 0 Å². The van der Waals surface area contributed by atoms with Crippen LogP contribution in [0.15, 0.2) is 4.99 Å². The van der Waals surface area contributed by atoms with E-state index in [1.165, 1.54) is 30.8 Å². The first kappa shape index (κ1) is 13.0. The molecular formula is C12H23N3OS. The molecule has 2 unspecified atom stereocenters. The molecule has 0 aliphatic carbocycles. The Morgan fingerprint density at radius 3 is 3.06 bits per heavy atom. The second kappa shape index (κ2) is 7.11. The van der Waals surface area contributed by atoms with Crippen molar-refractivity contribution in [3.8, 4) is 0 Å². The summed E-state index contributed by atoms with van der Waals surface area (Å²) in [6, 6.07) is 0. The Morgan fingerprint density at radius 2 is 2.35 bits per heavy atom. The molecule has 3 N–H and O–H groups in total. The van der Waals surface area contributed by atoms with Crippen LogP contribution in [0.3, 0.4) is 0 Å². The number of ether oxygens (including phenoxy) is 1. The summed E-state index contributed by atoms with van der Waals surface area (Å²) in [5.41, 5.74) is 5.85. The molecule has 2 atom stereocenters. The van der Waals surface area contributed by atoms with Crippen LogP contribution in [0, 0.1) is 5.92 Å². The van der Waals surface area contributed by atoms with Gasteiger partial charge in [-0.2, -0.15) is 11.8 Å². The average Bonchev–Trinajstić information content (AvgIpc) is 2.88. The number of nitrogens with zero attached hydrogens (tertiary/aromatic N) is 1. The maximum absolute atomic E-state index is 5.85. The molecule has 98 valence electrons. The smallest absolute Gasteiger partial charge is 0.188 e. The number of hydrogen-bond donors (Lipinski definition) is 2. The minimum Gasteiger partial charge on any atom is -0.376 e. The Bertz CT molecular complexity index is 248. The normalized spacial score (nSPS) is 30.5. The Labute approximate surface area is 108 Å². The lowest BCUT2D eigenvalue weighted by Crippen LogP contribution is -2.37. The van der Waals surface area contributed by atoms with Gasteiger partial charge in [-0.15, -0.1) is 0 Å². The predicted octanol–water partition coefficient (Wildman–Crippen LogP) is 1.21. The highest BCUT2D eigenvalue weighted by Gasteiger charge is 2.15. The van der Waals surface area contributed by atoms with Crippen molar-refractivity contribution in [2.45, 2.75) is 31.8 Å². The molecule has 0 radical (unpaired) electrons. The molecule has 2 aliphatic heterocycles. The third kappa shape index (κ3) is 4.76. The molecule has 2 saturated heterocycles. The molecule has 17 heavy (non-hydrogen) atoms. The van der Waals surface area contributed by atoms with Crippen LogP contribution in [0.25, 0.3) is 0 Å². The minimum absolute atomic E-state index is 0.328. The van der Waals surface area contributed by atoms with Crippen LogP contribution in [-0.2, 0) is 4.74 Å². The van der Waals surface area contributed by atoms with Crippen molar-refractivity contribution in [2.24, 2.45) is 16.6 Å². The molecule has 2 rings (SSSR count). The first-order valence-corrected chi connectivity index (χ1v) is 7.73. The maximum atomic E-state index is 5.85. The summed E-state index contributed by atoms with van der Waals surface area (Å²) < 4.78 is 5.52. The van der Waals surface area contributed by atoms with Gasteiger partial charge >= 0.3 is 0 Å². The summed E-state index contributed by atoms with van der Waals surface area (Å²) in [5.74, 6) is 3.85. The fourth-order valence-electron chi connectivity index (χ4n) is 2.26. The lowest BCUT2D eigenvalue weighted by molar-refractivity contribution is 0.114. The van der Waals surface area contributed by atoms with E-state index in [0.29, 0.717) is 12.1 Å². The molecule has 5 heteroatoms. The van der Waals surface area contributed by atoms with Crippen LogP contribution in [0.1, 0.15) is 25.7 Å². The summed E-state index contributed by atoms with van der Waals surface area (Å²) in [6.07, 6.45) is 5.26. The van der Waals surface area contributed by atoms with Crippen LogP contribution < -0.4 is 11.1 Å². The number of nitrogens with two attached hydrogens (primary N) is 1. The van der Waals surface area contributed by atoms with Gasteiger partial charge in [-0.3, -0.25) is 4.99 Å². The summed E-state index contributed by atoms with van der Waals surface area (Å²) in [6.45, 7) is 2.56. The van der Waals surface area contributed by atoms with Crippen molar-refractivity contribution in [1.82, 2.24) is 5.32 Å². The number of aliphatic imine (C=N–C) groups is 1. The van der Waals surface area contributed by atoms with Crippen LogP contribution in [0.2, 0.25) is 0 Å². The minimum atomic E-state index is 0.328. The van der Waals surface area contributed by atoms with Gasteiger partial charge in [0.05, 0.1) is 6.10 Å². The van der Waals surface area contributed by atoms with Crippen molar-refractivity contribution < 1.29 is 4.74 Å². The standard InChI is InChI=1S/C12H23N3OS/c13-12(15-8-11-4-1-5-16-11)14-7-10-3-2-6-17-9-10/h10-11H,1-9H2,(H3,13,14,15). The lowest BCUT2D eigenvalue weighted by atomic mass is 10.1. The van der Waals surface area contributed by atoms with Crippen molar-refractivity contribution in [3.05, 3.63) is 0 Å². The van der Waals surface area contributed by atoms with Gasteiger partial charge in [-0.25, -0.2) is 0 Å². The second-order valence-electron chi connectivity index (χ2n) is 4.83. The quantitative estimate of drug-likeness (QED) is 0.587. The number of nitrogens with one attached hydrogen (secondary N) is 1. The maximum Gasteiger partial charge on any atom is 0.188 e. The largest absolute Gasteiger partial charge is 0.376 e. The number of thioether (sulfide) groups is 1. The monoisotopic (exact) mass is 257 g/mol. The van der Waals surface area contributed by atoms with Crippen molar-refractivity contribution in [2.75, 3.05) is 31.2 Å². The Morgan fingerprint density at radius 1 is 1.41 bits per heavy atom. The van der Waals surface area contributed by atoms with Gasteiger partial charge in [-0.1, -0.05) is 0 Å². The van der Waals surface area contributed by atoms with Gasteiger partial charge in [0.15, 0.2) is 5.96 Å². The van der Waals surface area contributed by atoms with Crippen molar-refractivity contribution in [1.29, 1.82) is 0 Å². The van der Waals surface area contributed by atoms with Crippen molar-refractivity contribution >= 4 is 17.7 Å². The van der Waals surface area contributed by atoms with Crippen molar-refractivity contribution in [3.63, 3.8) is 0 Å². The Balaban J connectivity index is 1.61. The third-order valence-electron chi connectivity index (χ3n) is 3.31. The van der Waals surface area contributed by atoms with E-state index in [2.05, 4.69) is 10.3 Å². The molecule has 0 bridgehead atoms. The molecule has 4 nitrogen and oxygen atoms in total. The van der Waals surface area contributed by atoms with E-state index in [1.54, 1.807) is 0 Å². The predicted molar refractivity (Wildman–Crippen MR) is 73.5 cm³/mol. The van der Waals surface area contributed by atoms with E-state index in [1.807, 2.05) is 11.8 Å². The first-order chi connectivity index (χ1) is 8.34. The van der Waals surface area contributed by atoms with E-state index in [4.69, 9.17) is 10.5 Å². The molecule has 2 heterocycles. The Kier molecular flexibility index (Phi) is 5.45. The lowest BCUT2D eigenvalue weighted by Gasteiger charge is -2.19. The van der Waals surface area contributed by atoms with Gasteiger partial charge in [0.1, 0.15) is 0 Å². The molecule has 2 aliphatic rings. The van der Waals surface area contributed by atoms with E-state index < -0.39 is 0 Å². The zero-order valence-electron chi connectivity index (χ0n) is 10.4. The van der Waals surface area contributed by atoms with E-state index in [0.717, 1.165) is 32.0 Å². The van der Waals surface area contributed by atoms with E-state index >= 15 is 0 Å². The van der Waals surface area contributed by atoms with Gasteiger partial charge in [0, 0.05) is 19.7 Å². The molecule has 0 saturated carbocycles. The van der Waals surface area contributed by atoms with Gasteiger partial charge in [0.2, 0.25) is 0 Å². The van der Waals surface area contributed by atoms with E-state index in [-0.39, 0.29) is 0 Å². The second-order valence-corrected chi connectivity index (χ2v) is 5.97. The molecule has 2 fully saturated rings. The number of hydrogen-bond acceptors (Lipinski definition) is 3. The van der Waals surface area contributed by atoms with Gasteiger partial charge in [0.25, 0.3) is 0 Å². The van der Waals surface area contributed by atoms with Gasteiger partial charge < -0.3 is 15.8 Å². The molecule has 0 aromatic rings. The fourth-order valence-corrected chi connectivity index (χ4v) is 3.40.